The molecule has 0 spiro atoms. The van der Waals surface area contributed by atoms with Gasteiger partial charge in [-0.05, 0) is 18.2 Å². The highest BCUT2D eigenvalue weighted by Crippen LogP contribution is 2.63. The summed E-state index contributed by atoms with van der Waals surface area (Å²) in [6.07, 6.45) is -2.33. The summed E-state index contributed by atoms with van der Waals surface area (Å²) in [7, 11) is -2.98. The maximum atomic E-state index is 12.2. The molecule has 29 heavy (non-hydrogen) atoms. The molecular weight excluding hydrogens is 446 g/mol. The van der Waals surface area contributed by atoms with Gasteiger partial charge in [-0.3, -0.25) is 18.9 Å². The van der Waals surface area contributed by atoms with E-state index in [-0.39, 0.29) is 12.1 Å². The molecule has 1 saturated carbocycles. The van der Waals surface area contributed by atoms with E-state index >= 15 is 0 Å². The van der Waals surface area contributed by atoms with Gasteiger partial charge in [-0.1, -0.05) is 13.8 Å². The number of nitrogens with zero attached hydrogens (tertiary/aromatic N) is 1. The molecule has 164 valence electrons. The summed E-state index contributed by atoms with van der Waals surface area (Å²) in [6.45, 7) is 0.125. The lowest BCUT2D eigenvalue weighted by atomic mass is 10.1. The van der Waals surface area contributed by atoms with Crippen LogP contribution in [0.3, 0.4) is 0 Å². The zero-order chi connectivity index (χ0) is 21.7. The summed E-state index contributed by atoms with van der Waals surface area (Å²) in [4.78, 5) is 55.3. The van der Waals surface area contributed by atoms with Crippen molar-refractivity contribution in [2.45, 2.75) is 56.1 Å². The summed E-state index contributed by atoms with van der Waals surface area (Å²) in [5.41, 5.74) is -2.60. The van der Waals surface area contributed by atoms with Crippen LogP contribution in [0.25, 0.3) is 0 Å². The molecule has 2 fully saturated rings. The van der Waals surface area contributed by atoms with Crippen LogP contribution in [0.2, 0.25) is 0 Å². The first-order valence-corrected chi connectivity index (χ1v) is 13.3. The minimum Gasteiger partial charge on any atom is -0.374 e. The number of hydrogen-bond donors (Lipinski definition) is 4. The van der Waals surface area contributed by atoms with Crippen LogP contribution in [0.4, 0.5) is 0 Å². The monoisotopic (exact) mass is 470 g/mol. The van der Waals surface area contributed by atoms with Crippen molar-refractivity contribution >= 4 is 25.9 Å². The maximum absolute atomic E-state index is 12.2. The largest absolute Gasteiger partial charge is 0.374 e. The molecule has 1 aromatic rings. The summed E-state index contributed by atoms with van der Waals surface area (Å²) in [5, 5.41) is 0. The van der Waals surface area contributed by atoms with Gasteiger partial charge in [-0.2, -0.15) is 0 Å². The van der Waals surface area contributed by atoms with Crippen molar-refractivity contribution in [3.8, 4) is 0 Å². The highest BCUT2D eigenvalue weighted by molar-refractivity contribution is 8.09. The molecule has 2 aliphatic rings. The lowest BCUT2D eigenvalue weighted by Crippen LogP contribution is -2.40. The van der Waals surface area contributed by atoms with Crippen LogP contribution in [0, 0.1) is 5.92 Å². The standard InChI is InChI=1S/C15H24N2O9P2S/c1-7(2)28(23,29)26-12-11(8-6-9(8)27(20,21)22)25-14(13(12)24-3)17-5-4-10(18)16-15(17)19/h4-5,7-9,11-14H,6H2,1-3H3,(H,23,29)(H,16,18,19)(H2,20,21,22)/t8?,9?,11-,12?,13+,14-,28?/m1/s1. The van der Waals surface area contributed by atoms with E-state index in [1.54, 1.807) is 13.8 Å². The second-order valence-electron chi connectivity index (χ2n) is 7.49. The molecule has 0 aromatic carbocycles. The molecule has 7 atom stereocenters. The van der Waals surface area contributed by atoms with E-state index in [2.05, 4.69) is 4.98 Å². The van der Waals surface area contributed by atoms with E-state index in [1.165, 1.54) is 13.3 Å². The van der Waals surface area contributed by atoms with Crippen LogP contribution in [-0.2, 0) is 30.4 Å². The maximum Gasteiger partial charge on any atom is 0.330 e. The van der Waals surface area contributed by atoms with Crippen LogP contribution in [0.1, 0.15) is 26.5 Å². The first-order chi connectivity index (χ1) is 13.4. The third-order valence-electron chi connectivity index (χ3n) is 5.21. The van der Waals surface area contributed by atoms with E-state index in [1.807, 2.05) is 0 Å². The third kappa shape index (κ3) is 4.66. The third-order valence-corrected chi connectivity index (χ3v) is 10.0. The predicted octanol–water partition coefficient (Wildman–Crippen LogP) is 0.111. The van der Waals surface area contributed by atoms with E-state index in [4.69, 9.17) is 25.8 Å². The Kier molecular flexibility index (Phi) is 6.43. The summed E-state index contributed by atoms with van der Waals surface area (Å²) in [5.74, 6) is -0.552. The smallest absolute Gasteiger partial charge is 0.330 e. The first kappa shape index (κ1) is 23.0. The van der Waals surface area contributed by atoms with Crippen LogP contribution < -0.4 is 11.2 Å². The summed E-state index contributed by atoms with van der Waals surface area (Å²) < 4.78 is 30.1. The lowest BCUT2D eigenvalue weighted by Gasteiger charge is -2.29. The molecule has 1 aromatic heterocycles. The van der Waals surface area contributed by atoms with Crippen LogP contribution in [-0.4, -0.2) is 61.0 Å². The Hall–Kier alpha value is -0.680. The first-order valence-electron chi connectivity index (χ1n) is 8.92. The van der Waals surface area contributed by atoms with Crippen molar-refractivity contribution in [1.82, 2.24) is 9.55 Å². The number of aromatic nitrogens is 2. The second-order valence-corrected chi connectivity index (χ2v) is 13.3. The number of rotatable bonds is 7. The Morgan fingerprint density at radius 3 is 2.45 bits per heavy atom. The van der Waals surface area contributed by atoms with Gasteiger partial charge in [0.15, 0.2) is 12.7 Å². The molecule has 1 aliphatic carbocycles. The van der Waals surface area contributed by atoms with E-state index in [0.717, 1.165) is 10.6 Å². The number of ether oxygens (including phenoxy) is 2. The lowest BCUT2D eigenvalue weighted by molar-refractivity contribution is -0.0570. The molecular formula is C15H24N2O9P2S. The molecule has 0 radical (unpaired) electrons. The number of aromatic amines is 1. The van der Waals surface area contributed by atoms with E-state index < -0.39 is 61.5 Å². The molecule has 3 rings (SSSR count). The zero-order valence-electron chi connectivity index (χ0n) is 15.9. The van der Waals surface area contributed by atoms with Gasteiger partial charge in [0, 0.05) is 30.9 Å². The summed E-state index contributed by atoms with van der Waals surface area (Å²) in [6, 6.07) is 1.14. The highest BCUT2D eigenvalue weighted by Gasteiger charge is 2.61. The molecule has 11 nitrogen and oxygen atoms in total. The van der Waals surface area contributed by atoms with Crippen LogP contribution >= 0.6 is 14.1 Å². The molecule has 4 N–H and O–H groups in total. The van der Waals surface area contributed by atoms with Gasteiger partial charge >= 0.3 is 13.3 Å². The number of hydrogen-bond acceptors (Lipinski definition) is 7. The van der Waals surface area contributed by atoms with Crippen molar-refractivity contribution < 1.29 is 33.2 Å². The predicted molar refractivity (Wildman–Crippen MR) is 106 cm³/mol. The van der Waals surface area contributed by atoms with Gasteiger partial charge in [-0.15, -0.1) is 0 Å². The molecule has 4 unspecified atom stereocenters. The van der Waals surface area contributed by atoms with Crippen molar-refractivity contribution in [2.75, 3.05) is 7.11 Å². The topological polar surface area (TPSA) is 160 Å². The van der Waals surface area contributed by atoms with Crippen molar-refractivity contribution in [2.24, 2.45) is 5.92 Å². The Labute approximate surface area is 171 Å². The Bertz CT molecular complexity index is 973. The molecule has 1 saturated heterocycles. The average Bonchev–Trinajstić information content (AvgIpc) is 3.32. The van der Waals surface area contributed by atoms with E-state index in [9.17, 15) is 28.8 Å². The fourth-order valence-electron chi connectivity index (χ4n) is 3.47. The molecule has 14 heteroatoms. The van der Waals surface area contributed by atoms with Crippen molar-refractivity contribution in [3.63, 3.8) is 0 Å². The number of nitrogens with one attached hydrogen (secondary N) is 1. The molecule has 1 aliphatic heterocycles. The molecule has 0 bridgehead atoms. The highest BCUT2D eigenvalue weighted by atomic mass is 32.5. The van der Waals surface area contributed by atoms with Gasteiger partial charge in [0.05, 0.1) is 11.8 Å². The van der Waals surface area contributed by atoms with Crippen LogP contribution in [0.15, 0.2) is 21.9 Å². The van der Waals surface area contributed by atoms with Gasteiger partial charge < -0.3 is 28.7 Å². The van der Waals surface area contributed by atoms with Gasteiger partial charge in [0.2, 0.25) is 0 Å². The zero-order valence-corrected chi connectivity index (χ0v) is 18.5. The fourth-order valence-corrected chi connectivity index (χ4v) is 5.78. The van der Waals surface area contributed by atoms with Crippen LogP contribution in [0.5, 0.6) is 0 Å². The van der Waals surface area contributed by atoms with E-state index in [0.29, 0.717) is 0 Å². The minimum atomic E-state index is -4.34. The fraction of sp³-hybridized carbons (Fsp3) is 0.733. The minimum absolute atomic E-state index is 0.203. The number of methoxy groups -OCH3 is 1. The number of H-pyrrole nitrogens is 1. The normalized spacial score (nSPS) is 34.3. The summed E-state index contributed by atoms with van der Waals surface area (Å²) >= 11 is 5.23. The van der Waals surface area contributed by atoms with Gasteiger partial charge in [0.1, 0.15) is 12.2 Å². The second kappa shape index (κ2) is 8.11. The molecule has 0 amide bonds. The van der Waals surface area contributed by atoms with Crippen molar-refractivity contribution in [1.29, 1.82) is 0 Å². The van der Waals surface area contributed by atoms with Gasteiger partial charge in [-0.25, -0.2) is 4.79 Å². The quantitative estimate of drug-likeness (QED) is 0.403. The van der Waals surface area contributed by atoms with Crippen molar-refractivity contribution in [3.05, 3.63) is 33.1 Å². The average molecular weight is 470 g/mol. The molecule has 2 heterocycles. The SMILES string of the molecule is CO[C@H]1C(OP(O)(=S)C(C)C)[C@@H](C2CC2P(=O)(O)O)O[C@H]1n1ccc(=O)[nH]c1=O. The van der Waals surface area contributed by atoms with Gasteiger partial charge in [0.25, 0.3) is 5.56 Å². The Balaban J connectivity index is 1.99. The Morgan fingerprint density at radius 1 is 1.31 bits per heavy atom. The Morgan fingerprint density at radius 2 is 1.97 bits per heavy atom.